The second-order valence-corrected chi connectivity index (χ2v) is 11.1. The smallest absolute Gasteiger partial charge is 0.338 e. The Kier molecular flexibility index (Phi) is 5.38. The second kappa shape index (κ2) is 7.97. The fourth-order valence-electron chi connectivity index (χ4n) is 7.98. The van der Waals surface area contributed by atoms with Crippen molar-refractivity contribution >= 4 is 17.5 Å². The number of carbonyl (C=O) groups excluding carboxylic acids is 3. The third kappa shape index (κ3) is 3.38. The lowest BCUT2D eigenvalue weighted by Crippen LogP contribution is -2.51. The van der Waals surface area contributed by atoms with Crippen LogP contribution in [0.3, 0.4) is 0 Å². The van der Waals surface area contributed by atoms with Crippen molar-refractivity contribution in [3.8, 4) is 0 Å². The lowest BCUT2D eigenvalue weighted by molar-refractivity contribution is -0.133. The van der Waals surface area contributed by atoms with Gasteiger partial charge in [-0.05, 0) is 91.7 Å². The van der Waals surface area contributed by atoms with Crippen LogP contribution in [-0.4, -0.2) is 24.1 Å². The number of ketones is 2. The van der Waals surface area contributed by atoms with Gasteiger partial charge in [-0.3, -0.25) is 9.59 Å². The Morgan fingerprint density at radius 2 is 1.75 bits per heavy atom. The van der Waals surface area contributed by atoms with E-state index in [-0.39, 0.29) is 29.1 Å². The number of rotatable bonds is 4. The minimum Gasteiger partial charge on any atom is -0.454 e. The Morgan fingerprint density at radius 3 is 2.53 bits per heavy atom. The Hall–Kier alpha value is -2.23. The van der Waals surface area contributed by atoms with Crippen molar-refractivity contribution in [2.45, 2.75) is 65.2 Å². The molecule has 0 N–H and O–H groups in total. The molecule has 4 aliphatic carbocycles. The fourth-order valence-corrected chi connectivity index (χ4v) is 7.98. The van der Waals surface area contributed by atoms with Crippen LogP contribution in [0.5, 0.6) is 0 Å². The monoisotopic (exact) mass is 434 g/mol. The first-order chi connectivity index (χ1) is 15.3. The summed E-state index contributed by atoms with van der Waals surface area (Å²) in [7, 11) is 0. The van der Waals surface area contributed by atoms with Gasteiger partial charge in [0.15, 0.2) is 18.2 Å². The minimum atomic E-state index is -0.422. The molecule has 0 amide bonds. The van der Waals surface area contributed by atoms with Gasteiger partial charge < -0.3 is 4.74 Å². The van der Waals surface area contributed by atoms with E-state index in [9.17, 15) is 14.4 Å². The van der Waals surface area contributed by atoms with Gasteiger partial charge in [-0.25, -0.2) is 4.79 Å². The molecule has 1 aromatic rings. The maximum absolute atomic E-state index is 13.2. The quantitative estimate of drug-likeness (QED) is 0.582. The van der Waals surface area contributed by atoms with Crippen molar-refractivity contribution < 1.29 is 19.1 Å². The molecule has 0 aliphatic heterocycles. The fraction of sp³-hybridized carbons (Fsp3) is 0.607. The number of benzene rings is 1. The van der Waals surface area contributed by atoms with Gasteiger partial charge in [-0.15, -0.1) is 0 Å². The molecule has 4 aliphatic rings. The summed E-state index contributed by atoms with van der Waals surface area (Å²) in [4.78, 5) is 37.5. The molecule has 0 heterocycles. The molecule has 0 radical (unpaired) electrons. The van der Waals surface area contributed by atoms with Gasteiger partial charge in [0.1, 0.15) is 0 Å². The highest BCUT2D eigenvalue weighted by atomic mass is 16.5. The van der Waals surface area contributed by atoms with Gasteiger partial charge in [0, 0.05) is 12.3 Å². The number of esters is 1. The van der Waals surface area contributed by atoms with Crippen molar-refractivity contribution in [2.24, 2.45) is 34.5 Å². The lowest BCUT2D eigenvalue weighted by Gasteiger charge is -2.58. The van der Waals surface area contributed by atoms with Crippen LogP contribution in [0.25, 0.3) is 0 Å². The third-order valence-corrected chi connectivity index (χ3v) is 9.71. The van der Waals surface area contributed by atoms with Crippen LogP contribution in [0.1, 0.15) is 75.6 Å². The zero-order chi connectivity index (χ0) is 22.5. The van der Waals surface area contributed by atoms with Crippen LogP contribution >= 0.6 is 0 Å². The van der Waals surface area contributed by atoms with Gasteiger partial charge in [-0.1, -0.05) is 37.6 Å². The summed E-state index contributed by atoms with van der Waals surface area (Å²) in [5, 5.41) is 0. The van der Waals surface area contributed by atoms with E-state index in [1.165, 1.54) is 5.57 Å². The first kappa shape index (κ1) is 21.6. The number of ether oxygens (including phenoxy) is 1. The molecular formula is C28H34O4. The Balaban J connectivity index is 1.29. The molecule has 0 saturated heterocycles. The van der Waals surface area contributed by atoms with E-state index < -0.39 is 5.97 Å². The molecule has 4 heteroatoms. The average Bonchev–Trinajstić information content (AvgIpc) is 3.15. The summed E-state index contributed by atoms with van der Waals surface area (Å²) in [6.07, 6.45) is 9.98. The van der Waals surface area contributed by atoms with Crippen molar-refractivity contribution in [3.63, 3.8) is 0 Å². The predicted molar refractivity (Wildman–Crippen MR) is 122 cm³/mol. The van der Waals surface area contributed by atoms with Crippen LogP contribution in [0, 0.1) is 34.5 Å². The molecular weight excluding hydrogens is 400 g/mol. The maximum Gasteiger partial charge on any atom is 0.338 e. The molecule has 6 unspecified atom stereocenters. The number of Topliss-reactive ketones (excluding diaryl/α,β-unsaturated/α-hetero) is 1. The molecule has 1 aromatic carbocycles. The number of allylic oxidation sites excluding steroid dienone is 1. The van der Waals surface area contributed by atoms with Gasteiger partial charge in [-0.2, -0.15) is 0 Å². The van der Waals surface area contributed by atoms with Crippen molar-refractivity contribution in [1.29, 1.82) is 0 Å². The predicted octanol–water partition coefficient (Wildman–Crippen LogP) is 5.56. The Bertz CT molecular complexity index is 963. The summed E-state index contributed by atoms with van der Waals surface area (Å²) in [5.74, 6) is 1.75. The second-order valence-electron chi connectivity index (χ2n) is 11.1. The van der Waals surface area contributed by atoms with Crippen LogP contribution < -0.4 is 0 Å². The standard InChI is InChI=1S/C28H34O4/c1-27-14-12-20(29)16-19(27)8-9-21-22-10-11-24(28(22,2)15-13-23(21)27)25(30)17-32-26(31)18-6-4-3-5-7-18/h3-7,16,21-24H,8-15,17H2,1-2H3. The van der Waals surface area contributed by atoms with Crippen LogP contribution in [0.2, 0.25) is 0 Å². The van der Waals surface area contributed by atoms with E-state index in [1.807, 2.05) is 12.1 Å². The molecule has 4 nitrogen and oxygen atoms in total. The highest BCUT2D eigenvalue weighted by Crippen LogP contribution is 2.66. The first-order valence-electron chi connectivity index (χ1n) is 12.3. The van der Waals surface area contributed by atoms with Crippen LogP contribution in [0.15, 0.2) is 42.0 Å². The van der Waals surface area contributed by atoms with Gasteiger partial charge in [0.05, 0.1) is 5.56 Å². The SMILES string of the molecule is CC12CCC(=O)C=C1CCC1C2CCC2(C)C(C(=O)COC(=O)c3ccccc3)CCC12. The zero-order valence-corrected chi connectivity index (χ0v) is 19.3. The maximum atomic E-state index is 13.2. The molecule has 3 fully saturated rings. The Labute approximate surface area is 190 Å². The van der Waals surface area contributed by atoms with Gasteiger partial charge in [0.2, 0.25) is 0 Å². The number of fused-ring (bicyclic) bond motifs is 5. The molecule has 0 spiro atoms. The summed E-state index contributed by atoms with van der Waals surface area (Å²) in [6, 6.07) is 8.88. The molecule has 0 aromatic heterocycles. The summed E-state index contributed by atoms with van der Waals surface area (Å²) >= 11 is 0. The van der Waals surface area contributed by atoms with Crippen molar-refractivity contribution in [1.82, 2.24) is 0 Å². The molecule has 32 heavy (non-hydrogen) atoms. The van der Waals surface area contributed by atoms with E-state index in [2.05, 4.69) is 13.8 Å². The van der Waals surface area contributed by atoms with Crippen LogP contribution in [-0.2, 0) is 14.3 Å². The summed E-state index contributed by atoms with van der Waals surface area (Å²) in [5.41, 5.74) is 2.03. The average molecular weight is 435 g/mol. The highest BCUT2D eigenvalue weighted by Gasteiger charge is 2.60. The lowest BCUT2D eigenvalue weighted by atomic mass is 9.46. The van der Waals surface area contributed by atoms with Gasteiger partial charge in [0.25, 0.3) is 0 Å². The minimum absolute atomic E-state index is 0.000527. The van der Waals surface area contributed by atoms with E-state index in [1.54, 1.807) is 24.3 Å². The molecule has 170 valence electrons. The van der Waals surface area contributed by atoms with Crippen molar-refractivity contribution in [2.75, 3.05) is 6.61 Å². The highest BCUT2D eigenvalue weighted by molar-refractivity contribution is 5.92. The van der Waals surface area contributed by atoms with E-state index in [4.69, 9.17) is 4.74 Å². The molecule has 6 atom stereocenters. The summed E-state index contributed by atoms with van der Waals surface area (Å²) < 4.78 is 5.40. The zero-order valence-electron chi connectivity index (χ0n) is 19.3. The molecule has 5 rings (SSSR count). The summed E-state index contributed by atoms with van der Waals surface area (Å²) in [6.45, 7) is 4.59. The molecule has 0 bridgehead atoms. The third-order valence-electron chi connectivity index (χ3n) is 9.71. The Morgan fingerprint density at radius 1 is 0.969 bits per heavy atom. The van der Waals surface area contributed by atoms with E-state index in [0.29, 0.717) is 35.5 Å². The van der Waals surface area contributed by atoms with Gasteiger partial charge >= 0.3 is 5.97 Å². The normalized spacial score (nSPS) is 38.2. The number of hydrogen-bond acceptors (Lipinski definition) is 4. The largest absolute Gasteiger partial charge is 0.454 e. The van der Waals surface area contributed by atoms with Crippen LogP contribution in [0.4, 0.5) is 0 Å². The number of carbonyl (C=O) groups is 3. The molecule has 3 saturated carbocycles. The topological polar surface area (TPSA) is 60.4 Å². The van der Waals surface area contributed by atoms with Crippen molar-refractivity contribution in [3.05, 3.63) is 47.5 Å². The first-order valence-corrected chi connectivity index (χ1v) is 12.3. The number of hydrogen-bond donors (Lipinski definition) is 0. The van der Waals surface area contributed by atoms with E-state index in [0.717, 1.165) is 44.9 Å². The van der Waals surface area contributed by atoms with E-state index >= 15 is 0 Å².